The van der Waals surface area contributed by atoms with E-state index in [0.29, 0.717) is 12.8 Å². The number of ketones is 2. The Morgan fingerprint density at radius 2 is 1.38 bits per heavy atom. The van der Waals surface area contributed by atoms with Gasteiger partial charge in [-0.1, -0.05) is 0 Å². The standard InChI is InChI=1S/C5H6O2.Na/c6-4-1-2-5(7)3-4;/h1-3H2;. The summed E-state index contributed by atoms with van der Waals surface area (Å²) in [7, 11) is 0. The van der Waals surface area contributed by atoms with E-state index in [4.69, 9.17) is 0 Å². The molecule has 3 heteroatoms. The molecule has 1 aliphatic carbocycles. The van der Waals surface area contributed by atoms with Crippen LogP contribution < -0.4 is 0 Å². The van der Waals surface area contributed by atoms with E-state index in [9.17, 15) is 9.59 Å². The van der Waals surface area contributed by atoms with Crippen molar-refractivity contribution in [1.29, 1.82) is 0 Å². The van der Waals surface area contributed by atoms with E-state index in [0.717, 1.165) is 0 Å². The summed E-state index contributed by atoms with van der Waals surface area (Å²) in [5, 5.41) is 0. The maximum Gasteiger partial charge on any atom is 0.140 e. The molecule has 0 aromatic heterocycles. The van der Waals surface area contributed by atoms with Gasteiger partial charge in [-0.25, -0.2) is 0 Å². The quantitative estimate of drug-likeness (QED) is 0.332. The Hall–Kier alpha value is 0.340. The molecule has 0 unspecified atom stereocenters. The predicted molar refractivity (Wildman–Crippen MR) is 29.6 cm³/mol. The molecule has 0 heterocycles. The Bertz CT molecular complexity index is 106. The number of Topliss-reactive ketones (excluding diaryl/α,β-unsaturated/α-hetero) is 2. The smallest absolute Gasteiger partial charge is 0.140 e. The Balaban J connectivity index is 0.000000490. The molecule has 0 aromatic rings. The number of rotatable bonds is 0. The number of hydrogen-bond acceptors (Lipinski definition) is 2. The number of hydrogen-bond donors (Lipinski definition) is 0. The van der Waals surface area contributed by atoms with Crippen LogP contribution in [0.3, 0.4) is 0 Å². The minimum atomic E-state index is 0. The SMILES string of the molecule is O=C1CCC(=O)C1.[Na]. The molecule has 0 amide bonds. The second kappa shape index (κ2) is 3.38. The van der Waals surface area contributed by atoms with Gasteiger partial charge in [-0.3, -0.25) is 9.59 Å². The van der Waals surface area contributed by atoms with Crippen molar-refractivity contribution in [3.63, 3.8) is 0 Å². The molecule has 1 saturated carbocycles. The van der Waals surface area contributed by atoms with Crippen LogP contribution in [0, 0.1) is 0 Å². The zero-order valence-electron chi connectivity index (χ0n) is 4.94. The van der Waals surface area contributed by atoms with Crippen molar-refractivity contribution >= 4 is 41.1 Å². The molecule has 1 radical (unpaired) electrons. The van der Waals surface area contributed by atoms with Gasteiger partial charge in [-0.2, -0.15) is 0 Å². The predicted octanol–water partition coefficient (Wildman–Crippen LogP) is -0.0723. The van der Waals surface area contributed by atoms with Gasteiger partial charge in [-0.05, 0) is 0 Å². The Morgan fingerprint density at radius 1 is 1.00 bits per heavy atom. The van der Waals surface area contributed by atoms with Gasteiger partial charge >= 0.3 is 0 Å². The second-order valence-corrected chi connectivity index (χ2v) is 1.75. The molecule has 39 valence electrons. The van der Waals surface area contributed by atoms with Crippen LogP contribution in [0.4, 0.5) is 0 Å². The molecule has 2 nitrogen and oxygen atoms in total. The average Bonchev–Trinajstić information content (AvgIpc) is 1.87. The minimum Gasteiger partial charge on any atom is -0.299 e. The molecule has 0 atom stereocenters. The zero-order chi connectivity index (χ0) is 5.28. The zero-order valence-corrected chi connectivity index (χ0v) is 6.94. The van der Waals surface area contributed by atoms with E-state index in [-0.39, 0.29) is 47.5 Å². The van der Waals surface area contributed by atoms with Crippen molar-refractivity contribution in [3.8, 4) is 0 Å². The van der Waals surface area contributed by atoms with Crippen molar-refractivity contribution in [1.82, 2.24) is 0 Å². The monoisotopic (exact) mass is 121 g/mol. The van der Waals surface area contributed by atoms with Crippen LogP contribution in [0.25, 0.3) is 0 Å². The first-order chi connectivity index (χ1) is 3.29. The van der Waals surface area contributed by atoms with E-state index in [1.807, 2.05) is 0 Å². The molecule has 1 aliphatic rings. The fraction of sp³-hybridized carbons (Fsp3) is 0.600. The summed E-state index contributed by atoms with van der Waals surface area (Å²) in [5.74, 6) is 0.204. The van der Waals surface area contributed by atoms with Crippen molar-refractivity contribution in [2.24, 2.45) is 0 Å². The average molecular weight is 121 g/mol. The molecule has 0 bridgehead atoms. The molecule has 1 fully saturated rings. The molecule has 0 aromatic carbocycles. The van der Waals surface area contributed by atoms with Gasteiger partial charge in [0.25, 0.3) is 0 Å². The minimum absolute atomic E-state index is 0. The Morgan fingerprint density at radius 3 is 1.50 bits per heavy atom. The third-order valence-electron chi connectivity index (χ3n) is 1.08. The van der Waals surface area contributed by atoms with Crippen LogP contribution in [-0.4, -0.2) is 41.1 Å². The summed E-state index contributed by atoms with van der Waals surface area (Å²) in [6, 6.07) is 0. The van der Waals surface area contributed by atoms with Crippen molar-refractivity contribution in [3.05, 3.63) is 0 Å². The van der Waals surface area contributed by atoms with Gasteiger partial charge in [-0.15, -0.1) is 0 Å². The molecule has 8 heavy (non-hydrogen) atoms. The first-order valence-corrected chi connectivity index (χ1v) is 2.32. The topological polar surface area (TPSA) is 34.1 Å². The summed E-state index contributed by atoms with van der Waals surface area (Å²) in [6.45, 7) is 0. The summed E-state index contributed by atoms with van der Waals surface area (Å²) in [6.07, 6.45) is 1.16. The van der Waals surface area contributed by atoms with E-state index >= 15 is 0 Å². The Kier molecular flexibility index (Phi) is 3.53. The van der Waals surface area contributed by atoms with E-state index in [2.05, 4.69) is 0 Å². The fourth-order valence-corrected chi connectivity index (χ4v) is 0.676. The third kappa shape index (κ3) is 2.07. The van der Waals surface area contributed by atoms with Crippen LogP contribution in [0.1, 0.15) is 19.3 Å². The van der Waals surface area contributed by atoms with E-state index in [1.165, 1.54) is 0 Å². The van der Waals surface area contributed by atoms with E-state index in [1.54, 1.807) is 0 Å². The van der Waals surface area contributed by atoms with Crippen LogP contribution in [0.5, 0.6) is 0 Å². The second-order valence-electron chi connectivity index (χ2n) is 1.75. The summed E-state index contributed by atoms with van der Waals surface area (Å²) >= 11 is 0. The molecular formula is C5H6NaO2. The summed E-state index contributed by atoms with van der Waals surface area (Å²) in [4.78, 5) is 20.5. The van der Waals surface area contributed by atoms with E-state index < -0.39 is 0 Å². The van der Waals surface area contributed by atoms with Crippen LogP contribution in [-0.2, 0) is 9.59 Å². The first-order valence-electron chi connectivity index (χ1n) is 2.32. The molecular weight excluding hydrogens is 115 g/mol. The number of carbonyl (C=O) groups excluding carboxylic acids is 2. The maximum absolute atomic E-state index is 10.2. The van der Waals surface area contributed by atoms with Gasteiger partial charge < -0.3 is 0 Å². The summed E-state index contributed by atoms with van der Waals surface area (Å²) in [5.41, 5.74) is 0. The largest absolute Gasteiger partial charge is 0.299 e. The first kappa shape index (κ1) is 8.34. The number of carbonyl (C=O) groups is 2. The Labute approximate surface area is 69.9 Å². The third-order valence-corrected chi connectivity index (χ3v) is 1.08. The molecule has 0 aliphatic heterocycles. The van der Waals surface area contributed by atoms with Gasteiger partial charge in [0.2, 0.25) is 0 Å². The van der Waals surface area contributed by atoms with Crippen LogP contribution >= 0.6 is 0 Å². The molecule has 0 saturated heterocycles. The van der Waals surface area contributed by atoms with Crippen molar-refractivity contribution < 1.29 is 9.59 Å². The molecule has 0 spiro atoms. The summed E-state index contributed by atoms with van der Waals surface area (Å²) < 4.78 is 0. The molecule has 0 N–H and O–H groups in total. The van der Waals surface area contributed by atoms with Gasteiger partial charge in [0.05, 0.1) is 6.42 Å². The van der Waals surface area contributed by atoms with Crippen molar-refractivity contribution in [2.75, 3.05) is 0 Å². The van der Waals surface area contributed by atoms with Gasteiger partial charge in [0.15, 0.2) is 0 Å². The normalized spacial score (nSPS) is 18.5. The van der Waals surface area contributed by atoms with Crippen LogP contribution in [0.2, 0.25) is 0 Å². The van der Waals surface area contributed by atoms with Crippen LogP contribution in [0.15, 0.2) is 0 Å². The fourth-order valence-electron chi connectivity index (χ4n) is 0.676. The van der Waals surface area contributed by atoms with Crippen molar-refractivity contribution in [2.45, 2.75) is 19.3 Å². The molecule has 1 rings (SSSR count). The maximum atomic E-state index is 10.2. The van der Waals surface area contributed by atoms with Gasteiger partial charge in [0, 0.05) is 42.4 Å². The van der Waals surface area contributed by atoms with Gasteiger partial charge in [0.1, 0.15) is 11.6 Å².